The van der Waals surface area contributed by atoms with E-state index in [1.807, 2.05) is 24.3 Å². The molecule has 2 nitrogen and oxygen atoms in total. The molecule has 4 heteroatoms. The van der Waals surface area contributed by atoms with Gasteiger partial charge in [0.05, 0.1) is 12.7 Å². The van der Waals surface area contributed by atoms with Crippen molar-refractivity contribution in [3.05, 3.63) is 34.9 Å². The van der Waals surface area contributed by atoms with E-state index in [1.54, 1.807) is 0 Å². The van der Waals surface area contributed by atoms with Crippen molar-refractivity contribution in [3.8, 4) is 0 Å². The van der Waals surface area contributed by atoms with E-state index in [-0.39, 0.29) is 23.9 Å². The number of likely N-dealkylation sites (N-methyl/N-ethyl adjacent to an activating group) is 1. The van der Waals surface area contributed by atoms with Gasteiger partial charge in [0, 0.05) is 11.6 Å². The Labute approximate surface area is 128 Å². The Morgan fingerprint density at radius 1 is 1.16 bits per heavy atom. The van der Waals surface area contributed by atoms with Crippen LogP contribution in [0.5, 0.6) is 0 Å². The number of hydrogen-bond acceptors (Lipinski definition) is 2. The Kier molecular flexibility index (Phi) is 7.99. The normalized spacial score (nSPS) is 13.2. The van der Waals surface area contributed by atoms with Gasteiger partial charge >= 0.3 is 0 Å². The monoisotopic (exact) mass is 305 g/mol. The van der Waals surface area contributed by atoms with E-state index in [2.05, 4.69) is 39.8 Å². The molecule has 0 spiro atoms. The van der Waals surface area contributed by atoms with Gasteiger partial charge in [-0.1, -0.05) is 44.5 Å². The second-order valence-electron chi connectivity index (χ2n) is 5.97. The zero-order valence-corrected chi connectivity index (χ0v) is 14.0. The highest BCUT2D eigenvalue weighted by Gasteiger charge is 2.26. The number of hydrogen-bond donors (Lipinski definition) is 0. The topological polar surface area (TPSA) is 12.5 Å². The molecule has 0 saturated carbocycles. The third-order valence-electron chi connectivity index (χ3n) is 2.78. The highest BCUT2D eigenvalue weighted by molar-refractivity contribution is 6.30. The summed E-state index contributed by atoms with van der Waals surface area (Å²) in [5.74, 6) is 0. The smallest absolute Gasteiger partial charge is 0.0873 e. The largest absolute Gasteiger partial charge is 0.372 e. The average molecular weight is 306 g/mol. The van der Waals surface area contributed by atoms with Crippen molar-refractivity contribution in [2.24, 2.45) is 5.41 Å². The Morgan fingerprint density at radius 2 is 1.68 bits per heavy atom. The van der Waals surface area contributed by atoms with E-state index in [0.29, 0.717) is 0 Å². The van der Waals surface area contributed by atoms with Crippen LogP contribution in [0, 0.1) is 5.41 Å². The predicted octanol–water partition coefficient (Wildman–Crippen LogP) is 4.43. The summed E-state index contributed by atoms with van der Waals surface area (Å²) in [7, 11) is 4.11. The summed E-state index contributed by atoms with van der Waals surface area (Å²) in [5.41, 5.74) is 1.26. The van der Waals surface area contributed by atoms with Gasteiger partial charge in [0.2, 0.25) is 0 Å². The fourth-order valence-corrected chi connectivity index (χ4v) is 1.96. The van der Waals surface area contributed by atoms with Crippen molar-refractivity contribution in [2.45, 2.75) is 26.9 Å². The van der Waals surface area contributed by atoms with Crippen molar-refractivity contribution >= 4 is 24.0 Å². The molecule has 1 atom stereocenters. The molecule has 0 aliphatic heterocycles. The standard InChI is InChI=1S/C15H24ClNO.ClH/c1-15(2,3)14(18-11-10-17(4)5)12-6-8-13(16)9-7-12;/h6-9,14H,10-11H2,1-5H3;1H. The Hall–Kier alpha value is -0.280. The molecule has 1 aromatic carbocycles. The van der Waals surface area contributed by atoms with Crippen LogP contribution in [0.15, 0.2) is 24.3 Å². The third-order valence-corrected chi connectivity index (χ3v) is 3.03. The predicted molar refractivity (Wildman–Crippen MR) is 85.4 cm³/mol. The van der Waals surface area contributed by atoms with E-state index in [1.165, 1.54) is 5.56 Å². The molecule has 110 valence electrons. The van der Waals surface area contributed by atoms with Gasteiger partial charge in [-0.2, -0.15) is 0 Å². The van der Waals surface area contributed by atoms with Crippen LogP contribution in [0.1, 0.15) is 32.4 Å². The van der Waals surface area contributed by atoms with Gasteiger partial charge in [0.1, 0.15) is 0 Å². The molecular weight excluding hydrogens is 281 g/mol. The lowest BCUT2D eigenvalue weighted by atomic mass is 9.84. The average Bonchev–Trinajstić information content (AvgIpc) is 2.24. The van der Waals surface area contributed by atoms with Crippen molar-refractivity contribution in [1.29, 1.82) is 0 Å². The van der Waals surface area contributed by atoms with Crippen LogP contribution in [0.4, 0.5) is 0 Å². The quantitative estimate of drug-likeness (QED) is 0.798. The van der Waals surface area contributed by atoms with Gasteiger partial charge in [-0.3, -0.25) is 0 Å². The van der Waals surface area contributed by atoms with Gasteiger partial charge in [-0.25, -0.2) is 0 Å². The molecule has 1 rings (SSSR count). The van der Waals surface area contributed by atoms with Crippen molar-refractivity contribution in [1.82, 2.24) is 4.90 Å². The van der Waals surface area contributed by atoms with Crippen LogP contribution in [-0.4, -0.2) is 32.1 Å². The van der Waals surface area contributed by atoms with Crippen LogP contribution >= 0.6 is 24.0 Å². The Balaban J connectivity index is 0.00000324. The maximum Gasteiger partial charge on any atom is 0.0873 e. The van der Waals surface area contributed by atoms with Gasteiger partial charge < -0.3 is 9.64 Å². The number of nitrogens with zero attached hydrogens (tertiary/aromatic N) is 1. The molecule has 19 heavy (non-hydrogen) atoms. The van der Waals surface area contributed by atoms with Crippen LogP contribution in [0.25, 0.3) is 0 Å². The molecule has 0 N–H and O–H groups in total. The second-order valence-corrected chi connectivity index (χ2v) is 6.41. The first kappa shape index (κ1) is 18.7. The maximum atomic E-state index is 6.06. The third kappa shape index (κ3) is 6.62. The molecule has 0 aliphatic rings. The first-order valence-electron chi connectivity index (χ1n) is 6.32. The van der Waals surface area contributed by atoms with Crippen molar-refractivity contribution in [3.63, 3.8) is 0 Å². The molecule has 0 heterocycles. The van der Waals surface area contributed by atoms with E-state index in [0.717, 1.165) is 18.2 Å². The van der Waals surface area contributed by atoms with Gasteiger partial charge in [0.25, 0.3) is 0 Å². The van der Waals surface area contributed by atoms with Gasteiger partial charge in [-0.05, 0) is 37.2 Å². The molecule has 0 radical (unpaired) electrons. The summed E-state index contributed by atoms with van der Waals surface area (Å²) in [4.78, 5) is 2.13. The van der Waals surface area contributed by atoms with Crippen LogP contribution < -0.4 is 0 Å². The van der Waals surface area contributed by atoms with Gasteiger partial charge in [0.15, 0.2) is 0 Å². The summed E-state index contributed by atoms with van der Waals surface area (Å²) < 4.78 is 6.06. The van der Waals surface area contributed by atoms with E-state index < -0.39 is 0 Å². The highest BCUT2D eigenvalue weighted by atomic mass is 35.5. The SMILES string of the molecule is CN(C)CCOC(c1ccc(Cl)cc1)C(C)(C)C.Cl. The fourth-order valence-electron chi connectivity index (χ4n) is 1.84. The Morgan fingerprint density at radius 3 is 2.11 bits per heavy atom. The first-order valence-corrected chi connectivity index (χ1v) is 6.70. The van der Waals surface area contributed by atoms with E-state index in [9.17, 15) is 0 Å². The highest BCUT2D eigenvalue weighted by Crippen LogP contribution is 2.36. The lowest BCUT2D eigenvalue weighted by Crippen LogP contribution is -2.25. The first-order chi connectivity index (χ1) is 8.30. The zero-order valence-electron chi connectivity index (χ0n) is 12.4. The van der Waals surface area contributed by atoms with Crippen LogP contribution in [-0.2, 0) is 4.74 Å². The summed E-state index contributed by atoms with van der Waals surface area (Å²) in [6.07, 6.45) is 0.0923. The number of benzene rings is 1. The van der Waals surface area contributed by atoms with Crippen LogP contribution in [0.3, 0.4) is 0 Å². The van der Waals surface area contributed by atoms with E-state index in [4.69, 9.17) is 16.3 Å². The lowest BCUT2D eigenvalue weighted by Gasteiger charge is -2.31. The zero-order chi connectivity index (χ0) is 13.8. The summed E-state index contributed by atoms with van der Waals surface area (Å²) in [6.45, 7) is 8.25. The summed E-state index contributed by atoms with van der Waals surface area (Å²) >= 11 is 5.93. The second kappa shape index (κ2) is 8.11. The molecule has 0 amide bonds. The number of rotatable bonds is 5. The molecule has 0 bridgehead atoms. The van der Waals surface area contributed by atoms with Crippen molar-refractivity contribution in [2.75, 3.05) is 27.2 Å². The minimum Gasteiger partial charge on any atom is -0.372 e. The number of ether oxygens (including phenoxy) is 1. The minimum atomic E-state index is 0. The minimum absolute atomic E-state index is 0. The van der Waals surface area contributed by atoms with Crippen molar-refractivity contribution < 1.29 is 4.74 Å². The molecule has 0 aromatic heterocycles. The molecule has 1 aromatic rings. The van der Waals surface area contributed by atoms with Crippen LogP contribution in [0.2, 0.25) is 5.02 Å². The summed E-state index contributed by atoms with van der Waals surface area (Å²) in [6, 6.07) is 7.94. The number of halogens is 2. The van der Waals surface area contributed by atoms with Gasteiger partial charge in [-0.15, -0.1) is 12.4 Å². The fraction of sp³-hybridized carbons (Fsp3) is 0.600. The maximum absolute atomic E-state index is 6.06. The molecular formula is C15H25Cl2NO. The molecule has 1 unspecified atom stereocenters. The molecule has 0 aliphatic carbocycles. The molecule has 0 fully saturated rings. The van der Waals surface area contributed by atoms with E-state index >= 15 is 0 Å². The summed E-state index contributed by atoms with van der Waals surface area (Å²) in [5, 5.41) is 0.764. The lowest BCUT2D eigenvalue weighted by molar-refractivity contribution is -0.0245. The Bertz CT molecular complexity index is 357. The molecule has 0 saturated heterocycles.